The van der Waals surface area contributed by atoms with E-state index >= 15 is 0 Å². The van der Waals surface area contributed by atoms with Gasteiger partial charge < -0.3 is 10.2 Å². The summed E-state index contributed by atoms with van der Waals surface area (Å²) in [5, 5.41) is 13.5. The molecule has 0 bridgehead atoms. The lowest BCUT2D eigenvalue weighted by Crippen LogP contribution is -2.37. The summed E-state index contributed by atoms with van der Waals surface area (Å²) in [6.45, 7) is 0.922. The summed E-state index contributed by atoms with van der Waals surface area (Å²) in [7, 11) is 3.38. The molecule has 0 fully saturated rings. The molecule has 1 amide bonds. The zero-order valence-electron chi connectivity index (χ0n) is 10.8. The van der Waals surface area contributed by atoms with Crippen LogP contribution in [0.2, 0.25) is 0 Å². The topological polar surface area (TPSA) is 97.5 Å². The van der Waals surface area contributed by atoms with E-state index in [0.29, 0.717) is 13.1 Å². The maximum Gasteiger partial charge on any atom is 0.285 e. The molecule has 0 unspecified atom stereocenters. The van der Waals surface area contributed by atoms with Gasteiger partial charge in [-0.2, -0.15) is 0 Å². The monoisotopic (exact) mass is 268 g/mol. The molecule has 0 spiro atoms. The lowest BCUT2D eigenvalue weighted by atomic mass is 10.4. The predicted molar refractivity (Wildman–Crippen MR) is 68.9 cm³/mol. The first-order valence-corrected chi connectivity index (χ1v) is 5.69. The normalized spacial score (nSPS) is 10.2. The van der Waals surface area contributed by atoms with E-state index in [9.17, 15) is 19.7 Å². The first-order chi connectivity index (χ1) is 8.95. The Labute approximate surface area is 109 Å². The van der Waals surface area contributed by atoms with Crippen molar-refractivity contribution in [2.24, 2.45) is 0 Å². The SMILES string of the molecule is CNCCN(C)C(=O)Cn1cc([N+](=O)[O-])ccc1=O. The zero-order chi connectivity index (χ0) is 14.4. The quantitative estimate of drug-likeness (QED) is 0.550. The summed E-state index contributed by atoms with van der Waals surface area (Å²) >= 11 is 0. The Morgan fingerprint density at radius 2 is 2.21 bits per heavy atom. The second-order valence-electron chi connectivity index (χ2n) is 4.03. The summed E-state index contributed by atoms with van der Waals surface area (Å²) in [6.07, 6.45) is 1.08. The van der Waals surface area contributed by atoms with Crippen molar-refractivity contribution in [3.05, 3.63) is 38.8 Å². The van der Waals surface area contributed by atoms with Gasteiger partial charge in [0.1, 0.15) is 6.54 Å². The summed E-state index contributed by atoms with van der Waals surface area (Å²) in [6, 6.07) is 2.20. The highest BCUT2D eigenvalue weighted by molar-refractivity contribution is 5.75. The molecule has 0 saturated heterocycles. The predicted octanol–water partition coefficient (Wildman–Crippen LogP) is -0.566. The fourth-order valence-electron chi connectivity index (χ4n) is 1.42. The fourth-order valence-corrected chi connectivity index (χ4v) is 1.42. The number of carbonyl (C=O) groups excluding carboxylic acids is 1. The molecule has 19 heavy (non-hydrogen) atoms. The van der Waals surface area contributed by atoms with E-state index in [-0.39, 0.29) is 18.1 Å². The van der Waals surface area contributed by atoms with Crippen LogP contribution in [0.15, 0.2) is 23.1 Å². The molecule has 104 valence electrons. The van der Waals surface area contributed by atoms with Crippen molar-refractivity contribution in [1.82, 2.24) is 14.8 Å². The molecule has 8 nitrogen and oxygen atoms in total. The summed E-state index contributed by atoms with van der Waals surface area (Å²) in [5.41, 5.74) is -0.661. The van der Waals surface area contributed by atoms with Gasteiger partial charge in [-0.05, 0) is 7.05 Å². The maximum absolute atomic E-state index is 11.8. The number of amides is 1. The van der Waals surface area contributed by atoms with E-state index < -0.39 is 10.5 Å². The lowest BCUT2D eigenvalue weighted by molar-refractivity contribution is -0.385. The molecule has 8 heteroatoms. The Morgan fingerprint density at radius 3 is 2.79 bits per heavy atom. The van der Waals surface area contributed by atoms with Crippen molar-refractivity contribution in [2.75, 3.05) is 27.2 Å². The van der Waals surface area contributed by atoms with Crippen LogP contribution < -0.4 is 10.9 Å². The second kappa shape index (κ2) is 6.64. The lowest BCUT2D eigenvalue weighted by Gasteiger charge is -2.17. The highest BCUT2D eigenvalue weighted by Crippen LogP contribution is 2.06. The number of carbonyl (C=O) groups is 1. The van der Waals surface area contributed by atoms with Crippen molar-refractivity contribution in [2.45, 2.75) is 6.54 Å². The van der Waals surface area contributed by atoms with Gasteiger partial charge in [-0.3, -0.25) is 24.3 Å². The second-order valence-corrected chi connectivity index (χ2v) is 4.03. The number of nitro groups is 1. The Bertz CT molecular complexity index is 526. The molecule has 0 saturated carbocycles. The van der Waals surface area contributed by atoms with Gasteiger partial charge in [0.2, 0.25) is 5.91 Å². The number of nitrogens with one attached hydrogen (secondary N) is 1. The molecule has 1 heterocycles. The highest BCUT2D eigenvalue weighted by Gasteiger charge is 2.13. The minimum absolute atomic E-state index is 0.208. The van der Waals surface area contributed by atoms with Crippen LogP contribution in [-0.4, -0.2) is 47.5 Å². The molecule has 1 rings (SSSR count). The van der Waals surface area contributed by atoms with Crippen molar-refractivity contribution >= 4 is 11.6 Å². The van der Waals surface area contributed by atoms with E-state index in [2.05, 4.69) is 5.32 Å². The zero-order valence-corrected chi connectivity index (χ0v) is 10.8. The van der Waals surface area contributed by atoms with Crippen molar-refractivity contribution < 1.29 is 9.72 Å². The molecule has 0 atom stereocenters. The molecular formula is C11H16N4O4. The van der Waals surface area contributed by atoms with Gasteiger partial charge in [-0.25, -0.2) is 0 Å². The van der Waals surface area contributed by atoms with E-state index in [1.54, 1.807) is 14.1 Å². The van der Waals surface area contributed by atoms with Gasteiger partial charge in [-0.1, -0.05) is 0 Å². The minimum atomic E-state index is -0.606. The number of likely N-dealkylation sites (N-methyl/N-ethyl adjacent to an activating group) is 2. The molecular weight excluding hydrogens is 252 g/mol. The number of rotatable bonds is 6. The first kappa shape index (κ1) is 14.8. The van der Waals surface area contributed by atoms with Gasteiger partial charge in [-0.15, -0.1) is 0 Å². The van der Waals surface area contributed by atoms with Crippen LogP contribution in [0.5, 0.6) is 0 Å². The standard InChI is InChI=1S/C11H16N4O4/c1-12-5-6-13(2)11(17)8-14-7-9(15(18)19)3-4-10(14)16/h3-4,7,12H,5-6,8H2,1-2H3. The van der Waals surface area contributed by atoms with Gasteiger partial charge in [0.05, 0.1) is 11.1 Å². The number of aromatic nitrogens is 1. The van der Waals surface area contributed by atoms with Crippen LogP contribution in [-0.2, 0) is 11.3 Å². The minimum Gasteiger partial charge on any atom is -0.343 e. The van der Waals surface area contributed by atoms with Crippen LogP contribution in [0, 0.1) is 10.1 Å². The fraction of sp³-hybridized carbons (Fsp3) is 0.455. The van der Waals surface area contributed by atoms with Crippen LogP contribution >= 0.6 is 0 Å². The molecule has 0 aliphatic rings. The van der Waals surface area contributed by atoms with E-state index in [0.717, 1.165) is 22.9 Å². The van der Waals surface area contributed by atoms with Crippen LogP contribution in [0.1, 0.15) is 0 Å². The van der Waals surface area contributed by atoms with Gasteiger partial charge in [0, 0.05) is 32.3 Å². The third kappa shape index (κ3) is 4.18. The van der Waals surface area contributed by atoms with E-state index in [1.165, 1.54) is 4.90 Å². The summed E-state index contributed by atoms with van der Waals surface area (Å²) in [5.74, 6) is -0.280. The van der Waals surface area contributed by atoms with E-state index in [1.807, 2.05) is 0 Å². The van der Waals surface area contributed by atoms with Crippen molar-refractivity contribution in [3.8, 4) is 0 Å². The Morgan fingerprint density at radius 1 is 1.53 bits per heavy atom. The average Bonchev–Trinajstić information content (AvgIpc) is 2.38. The summed E-state index contributed by atoms with van der Waals surface area (Å²) in [4.78, 5) is 34.8. The Kier molecular flexibility index (Phi) is 5.19. The largest absolute Gasteiger partial charge is 0.343 e. The molecule has 1 aromatic rings. The van der Waals surface area contributed by atoms with E-state index in [4.69, 9.17) is 0 Å². The van der Waals surface area contributed by atoms with Gasteiger partial charge in [0.15, 0.2) is 0 Å². The van der Waals surface area contributed by atoms with Crippen LogP contribution in [0.25, 0.3) is 0 Å². The average molecular weight is 268 g/mol. The van der Waals surface area contributed by atoms with Gasteiger partial charge in [0.25, 0.3) is 11.2 Å². The third-order valence-electron chi connectivity index (χ3n) is 2.61. The Hall–Kier alpha value is -2.22. The molecule has 1 aromatic heterocycles. The number of hydrogen-bond donors (Lipinski definition) is 1. The van der Waals surface area contributed by atoms with Crippen LogP contribution in [0.3, 0.4) is 0 Å². The van der Waals surface area contributed by atoms with Crippen molar-refractivity contribution in [1.29, 1.82) is 0 Å². The molecule has 0 aliphatic carbocycles. The molecule has 1 N–H and O–H groups in total. The molecule has 0 aromatic carbocycles. The number of pyridine rings is 1. The molecule has 0 aliphatic heterocycles. The molecule has 0 radical (unpaired) electrons. The third-order valence-corrected chi connectivity index (χ3v) is 2.61. The smallest absolute Gasteiger partial charge is 0.285 e. The first-order valence-electron chi connectivity index (χ1n) is 5.69. The number of nitrogens with zero attached hydrogens (tertiary/aromatic N) is 3. The van der Waals surface area contributed by atoms with Crippen LogP contribution in [0.4, 0.5) is 5.69 Å². The highest BCUT2D eigenvalue weighted by atomic mass is 16.6. The number of hydrogen-bond acceptors (Lipinski definition) is 5. The van der Waals surface area contributed by atoms with Crippen molar-refractivity contribution in [3.63, 3.8) is 0 Å². The van der Waals surface area contributed by atoms with Gasteiger partial charge >= 0.3 is 0 Å². The maximum atomic E-state index is 11.8. The summed E-state index contributed by atoms with van der Waals surface area (Å²) < 4.78 is 1.04. The Balaban J connectivity index is 2.81.